The van der Waals surface area contributed by atoms with Crippen LogP contribution in [0.1, 0.15) is 94.9 Å². The molecule has 0 amide bonds. The molecule has 44 heavy (non-hydrogen) atoms. The van der Waals surface area contributed by atoms with Crippen molar-refractivity contribution in [3.63, 3.8) is 0 Å². The lowest BCUT2D eigenvalue weighted by molar-refractivity contribution is -0.0268. The fraction of sp³-hybridized carbons (Fsp3) is 0.525. The quantitative estimate of drug-likeness (QED) is 0.141. The predicted octanol–water partition coefficient (Wildman–Crippen LogP) is 8.72. The normalized spacial score (nSPS) is 34.7. The van der Waals surface area contributed by atoms with Crippen LogP contribution in [0.15, 0.2) is 113 Å². The molecular formula is C40H56O4. The molecule has 1 aliphatic heterocycles. The monoisotopic (exact) mass is 600 g/mol. The van der Waals surface area contributed by atoms with Gasteiger partial charge in [-0.25, -0.2) is 0 Å². The third-order valence-corrected chi connectivity index (χ3v) is 9.39. The SMILES string of the molecule is CC(C=C=C1C(C)(C)C[C@H](O)C[C@@]1(C)O)=CC=CC(C)=CC=CC=C(C)C=CC=C(C)C=C[C@@]12O[C@]1(C)C[C@@H](O)CC2(C)C. The van der Waals surface area contributed by atoms with Crippen molar-refractivity contribution in [2.75, 3.05) is 0 Å². The topological polar surface area (TPSA) is 73.2 Å². The number of aliphatic hydroxyl groups excluding tert-OH is 2. The Morgan fingerprint density at radius 1 is 0.682 bits per heavy atom. The van der Waals surface area contributed by atoms with E-state index in [0.717, 1.165) is 34.3 Å². The third kappa shape index (κ3) is 8.71. The number of allylic oxidation sites excluding steroid dienone is 15. The Morgan fingerprint density at radius 2 is 1.18 bits per heavy atom. The second kappa shape index (κ2) is 13.7. The number of hydrogen-bond acceptors (Lipinski definition) is 4. The molecule has 4 nitrogen and oxygen atoms in total. The van der Waals surface area contributed by atoms with E-state index < -0.39 is 11.7 Å². The van der Waals surface area contributed by atoms with E-state index in [1.165, 1.54) is 0 Å². The van der Waals surface area contributed by atoms with E-state index in [0.29, 0.717) is 19.3 Å². The number of aliphatic hydroxyl groups is 3. The molecule has 1 saturated heterocycles. The first-order chi connectivity index (χ1) is 20.3. The molecule has 3 N–H and O–H groups in total. The van der Waals surface area contributed by atoms with Gasteiger partial charge in [-0.3, -0.25) is 0 Å². The summed E-state index contributed by atoms with van der Waals surface area (Å²) >= 11 is 0. The van der Waals surface area contributed by atoms with Gasteiger partial charge in [-0.15, -0.1) is 5.73 Å². The van der Waals surface area contributed by atoms with E-state index in [1.54, 1.807) is 6.92 Å². The zero-order valence-electron chi connectivity index (χ0n) is 28.7. The Bertz CT molecular complexity index is 1360. The first-order valence-electron chi connectivity index (χ1n) is 16.0. The minimum absolute atomic E-state index is 0.103. The van der Waals surface area contributed by atoms with Crippen molar-refractivity contribution < 1.29 is 20.1 Å². The van der Waals surface area contributed by atoms with Crippen molar-refractivity contribution >= 4 is 0 Å². The van der Waals surface area contributed by atoms with Crippen LogP contribution in [0, 0.1) is 10.8 Å². The predicted molar refractivity (Wildman–Crippen MR) is 184 cm³/mol. The van der Waals surface area contributed by atoms with E-state index in [4.69, 9.17) is 4.74 Å². The molecule has 4 heteroatoms. The Balaban J connectivity index is 1.53. The molecule has 0 aromatic carbocycles. The third-order valence-electron chi connectivity index (χ3n) is 9.39. The van der Waals surface area contributed by atoms with E-state index in [9.17, 15) is 15.3 Å². The molecule has 5 atom stereocenters. The largest absolute Gasteiger partial charge is 0.393 e. The maximum absolute atomic E-state index is 10.9. The number of rotatable bonds is 9. The highest BCUT2D eigenvalue weighted by atomic mass is 16.6. The highest BCUT2D eigenvalue weighted by Crippen LogP contribution is 2.66. The van der Waals surface area contributed by atoms with Crippen molar-refractivity contribution in [2.24, 2.45) is 10.8 Å². The summed E-state index contributed by atoms with van der Waals surface area (Å²) in [6, 6.07) is 0. The second-order valence-electron chi connectivity index (χ2n) is 15.0. The standard InChI is InChI=1S/C40H56O4/c1-29(17-13-19-31(3)21-22-35-36(5,6)25-33(41)27-38(35,9)43)15-11-12-16-30(2)18-14-20-32(4)23-24-40-37(7,8)26-34(42)28-39(40,10)44-40/h11-21,23-24,33-34,41-43H,25-28H2,1-10H3/t22?,33-,34-,38+,39+,40-/m0/s1. The Hall–Kier alpha value is -2.72. The van der Waals surface area contributed by atoms with Crippen LogP contribution in [0.4, 0.5) is 0 Å². The summed E-state index contributed by atoms with van der Waals surface area (Å²) in [6.07, 6.45) is 28.5. The van der Waals surface area contributed by atoms with Gasteiger partial charge in [-0.1, -0.05) is 111 Å². The van der Waals surface area contributed by atoms with Gasteiger partial charge in [0.05, 0.1) is 17.8 Å². The first-order valence-corrected chi connectivity index (χ1v) is 16.0. The van der Waals surface area contributed by atoms with Crippen LogP contribution < -0.4 is 0 Å². The summed E-state index contributed by atoms with van der Waals surface area (Å²) < 4.78 is 6.24. The van der Waals surface area contributed by atoms with Crippen LogP contribution in [-0.2, 0) is 4.74 Å². The average molecular weight is 601 g/mol. The minimum Gasteiger partial charge on any atom is -0.393 e. The van der Waals surface area contributed by atoms with Crippen molar-refractivity contribution in [1.29, 1.82) is 0 Å². The van der Waals surface area contributed by atoms with Gasteiger partial charge in [-0.05, 0) is 77.5 Å². The molecule has 0 spiro atoms. The van der Waals surface area contributed by atoms with Crippen molar-refractivity contribution in [2.45, 2.75) is 124 Å². The fourth-order valence-electron chi connectivity index (χ4n) is 7.25. The zero-order valence-corrected chi connectivity index (χ0v) is 28.7. The second-order valence-corrected chi connectivity index (χ2v) is 15.0. The summed E-state index contributed by atoms with van der Waals surface area (Å²) in [4.78, 5) is 0. The molecule has 0 bridgehead atoms. The van der Waals surface area contributed by atoms with Crippen LogP contribution in [0.2, 0.25) is 0 Å². The van der Waals surface area contributed by atoms with Gasteiger partial charge in [0.1, 0.15) is 11.2 Å². The Labute approximate surface area is 267 Å². The van der Waals surface area contributed by atoms with Gasteiger partial charge < -0.3 is 20.1 Å². The number of epoxide rings is 1. The summed E-state index contributed by atoms with van der Waals surface area (Å²) in [5.74, 6) is 0. The van der Waals surface area contributed by atoms with Gasteiger partial charge in [0.25, 0.3) is 0 Å². The summed E-state index contributed by atoms with van der Waals surface area (Å²) in [7, 11) is 0. The summed E-state index contributed by atoms with van der Waals surface area (Å²) in [6.45, 7) is 20.6. The van der Waals surface area contributed by atoms with Gasteiger partial charge in [0, 0.05) is 23.8 Å². The highest BCUT2D eigenvalue weighted by molar-refractivity contribution is 5.37. The van der Waals surface area contributed by atoms with Gasteiger partial charge in [0.2, 0.25) is 0 Å². The summed E-state index contributed by atoms with van der Waals surface area (Å²) in [5.41, 5.74) is 6.63. The molecule has 2 aliphatic carbocycles. The van der Waals surface area contributed by atoms with Gasteiger partial charge in [-0.2, -0.15) is 0 Å². The molecule has 3 rings (SSSR count). The molecule has 3 fully saturated rings. The molecule has 240 valence electrons. The lowest BCUT2D eigenvalue weighted by Gasteiger charge is -2.43. The maximum atomic E-state index is 10.9. The maximum Gasteiger partial charge on any atom is 0.121 e. The van der Waals surface area contributed by atoms with E-state index in [1.807, 2.05) is 37.3 Å². The Kier molecular flexibility index (Phi) is 11.2. The van der Waals surface area contributed by atoms with Crippen LogP contribution in [0.5, 0.6) is 0 Å². The van der Waals surface area contributed by atoms with E-state index in [-0.39, 0.29) is 28.1 Å². The van der Waals surface area contributed by atoms with Crippen molar-refractivity contribution in [3.8, 4) is 0 Å². The van der Waals surface area contributed by atoms with E-state index >= 15 is 0 Å². The van der Waals surface area contributed by atoms with Gasteiger partial charge >= 0.3 is 0 Å². The molecular weight excluding hydrogens is 544 g/mol. The van der Waals surface area contributed by atoms with E-state index in [2.05, 4.69) is 110 Å². The minimum atomic E-state index is -1.05. The average Bonchev–Trinajstić information content (AvgIpc) is 3.49. The fourth-order valence-corrected chi connectivity index (χ4v) is 7.25. The summed E-state index contributed by atoms with van der Waals surface area (Å²) in [5, 5.41) is 31.2. The lowest BCUT2D eigenvalue weighted by Crippen LogP contribution is -2.46. The molecule has 0 radical (unpaired) electrons. The van der Waals surface area contributed by atoms with Gasteiger partial charge in [0.15, 0.2) is 0 Å². The molecule has 2 saturated carbocycles. The lowest BCUT2D eigenvalue weighted by atomic mass is 9.63. The highest BCUT2D eigenvalue weighted by Gasteiger charge is 2.74. The number of ether oxygens (including phenoxy) is 1. The number of hydrogen-bond donors (Lipinski definition) is 3. The van der Waals surface area contributed by atoms with Crippen LogP contribution >= 0.6 is 0 Å². The van der Waals surface area contributed by atoms with Crippen LogP contribution in [-0.4, -0.2) is 44.3 Å². The van der Waals surface area contributed by atoms with Crippen LogP contribution in [0.3, 0.4) is 0 Å². The van der Waals surface area contributed by atoms with Crippen molar-refractivity contribution in [3.05, 3.63) is 113 Å². The molecule has 0 unspecified atom stereocenters. The molecule has 0 aromatic rings. The zero-order chi connectivity index (χ0) is 33.0. The van der Waals surface area contributed by atoms with Crippen molar-refractivity contribution in [1.82, 2.24) is 0 Å². The number of fused-ring (bicyclic) bond motifs is 1. The molecule has 1 heterocycles. The molecule has 3 aliphatic rings. The first kappa shape index (κ1) is 35.8. The molecule has 0 aromatic heterocycles. The van der Waals surface area contributed by atoms with Crippen LogP contribution in [0.25, 0.3) is 0 Å². The smallest absolute Gasteiger partial charge is 0.121 e. The Morgan fingerprint density at radius 3 is 1.73 bits per heavy atom.